The first-order valence-electron chi connectivity index (χ1n) is 3.65. The van der Waals surface area contributed by atoms with Crippen LogP contribution in [0.5, 0.6) is 0 Å². The fraction of sp³-hybridized carbons (Fsp3) is 0. The van der Waals surface area contributed by atoms with Gasteiger partial charge in [0.1, 0.15) is 8.85 Å². The molecule has 2 rings (SSSR count). The Kier molecular flexibility index (Phi) is 3.57. The van der Waals surface area contributed by atoms with Crippen molar-refractivity contribution < 1.29 is 0 Å². The molecule has 0 aromatic carbocycles. The van der Waals surface area contributed by atoms with E-state index in [9.17, 15) is 0 Å². The molecule has 0 fully saturated rings. The average molecular weight is 278 g/mol. The zero-order valence-corrected chi connectivity index (χ0v) is 10.8. The SMILES string of the molecule is S=c1ssc(Sc2ccccn2)c1Cl. The molecule has 0 aliphatic heterocycles. The Labute approximate surface area is 103 Å². The molecule has 0 amide bonds. The minimum Gasteiger partial charge on any atom is -0.250 e. The van der Waals surface area contributed by atoms with Gasteiger partial charge in [0.2, 0.25) is 0 Å². The fourth-order valence-electron chi connectivity index (χ4n) is 0.796. The molecule has 6 heteroatoms. The van der Waals surface area contributed by atoms with Gasteiger partial charge >= 0.3 is 0 Å². The number of hydrogen-bond acceptors (Lipinski definition) is 5. The van der Waals surface area contributed by atoms with Crippen LogP contribution in [-0.4, -0.2) is 4.98 Å². The molecule has 0 N–H and O–H groups in total. The first-order chi connectivity index (χ1) is 6.77. The van der Waals surface area contributed by atoms with E-state index in [4.69, 9.17) is 23.8 Å². The maximum absolute atomic E-state index is 6.03. The molecule has 0 unspecified atom stereocenters. The summed E-state index contributed by atoms with van der Waals surface area (Å²) in [7, 11) is 3.13. The minimum atomic E-state index is 0.686. The third-order valence-electron chi connectivity index (χ3n) is 1.39. The van der Waals surface area contributed by atoms with Gasteiger partial charge in [0, 0.05) is 6.20 Å². The van der Waals surface area contributed by atoms with Crippen LogP contribution in [0, 0.1) is 3.82 Å². The number of halogens is 1. The summed E-state index contributed by atoms with van der Waals surface area (Å²) < 4.78 is 1.79. The van der Waals surface area contributed by atoms with Gasteiger partial charge < -0.3 is 0 Å². The lowest BCUT2D eigenvalue weighted by Crippen LogP contribution is -1.74. The third kappa shape index (κ3) is 2.35. The molecule has 2 aromatic heterocycles. The quantitative estimate of drug-likeness (QED) is 0.581. The smallest absolute Gasteiger partial charge is 0.121 e. The van der Waals surface area contributed by atoms with Crippen molar-refractivity contribution in [2.24, 2.45) is 0 Å². The fourth-order valence-corrected chi connectivity index (χ4v) is 5.19. The lowest BCUT2D eigenvalue weighted by molar-refractivity contribution is 1.14. The summed E-state index contributed by atoms with van der Waals surface area (Å²) in [6, 6.07) is 5.80. The molecule has 0 aliphatic carbocycles. The molecule has 72 valence electrons. The second kappa shape index (κ2) is 4.72. The number of nitrogens with zero attached hydrogens (tertiary/aromatic N) is 1. The zero-order chi connectivity index (χ0) is 9.97. The molecule has 0 radical (unpaired) electrons. The van der Waals surface area contributed by atoms with Gasteiger partial charge in [0.15, 0.2) is 0 Å². The van der Waals surface area contributed by atoms with Crippen LogP contribution in [0.15, 0.2) is 33.6 Å². The van der Waals surface area contributed by atoms with Gasteiger partial charge in [0.05, 0.1) is 9.23 Å². The van der Waals surface area contributed by atoms with Gasteiger partial charge in [-0.05, 0) is 12.1 Å². The van der Waals surface area contributed by atoms with Gasteiger partial charge in [0.25, 0.3) is 0 Å². The van der Waals surface area contributed by atoms with Crippen molar-refractivity contribution in [3.8, 4) is 0 Å². The summed E-state index contributed by atoms with van der Waals surface area (Å²) >= 11 is 12.6. The van der Waals surface area contributed by atoms with E-state index in [1.54, 1.807) is 28.3 Å². The van der Waals surface area contributed by atoms with Gasteiger partial charge in [-0.3, -0.25) is 0 Å². The zero-order valence-electron chi connectivity index (χ0n) is 6.77. The summed E-state index contributed by atoms with van der Waals surface area (Å²) in [5.74, 6) is 0. The molecular weight excluding hydrogens is 274 g/mol. The molecular formula is C8H4ClNS4. The van der Waals surface area contributed by atoms with Crippen molar-refractivity contribution in [3.05, 3.63) is 33.2 Å². The first kappa shape index (κ1) is 10.6. The Morgan fingerprint density at radius 2 is 2.21 bits per heavy atom. The Balaban J connectivity index is 2.28. The molecule has 14 heavy (non-hydrogen) atoms. The Hall–Kier alpha value is 0.0600. The van der Waals surface area contributed by atoms with E-state index >= 15 is 0 Å². The standard InChI is InChI=1S/C8H4ClNS4/c9-6-7(11)13-14-8(6)12-5-3-1-2-4-10-5/h1-4H. The van der Waals surface area contributed by atoms with E-state index < -0.39 is 0 Å². The molecule has 2 aromatic rings. The molecule has 0 saturated carbocycles. The largest absolute Gasteiger partial charge is 0.250 e. The van der Waals surface area contributed by atoms with Crippen molar-refractivity contribution in [1.82, 2.24) is 4.98 Å². The minimum absolute atomic E-state index is 0.686. The van der Waals surface area contributed by atoms with Gasteiger partial charge in [-0.1, -0.05) is 62.3 Å². The Bertz CT molecular complexity index is 476. The third-order valence-corrected chi connectivity index (χ3v) is 6.68. The highest BCUT2D eigenvalue weighted by molar-refractivity contribution is 8.03. The van der Waals surface area contributed by atoms with Crippen LogP contribution < -0.4 is 0 Å². The Morgan fingerprint density at radius 1 is 1.36 bits per heavy atom. The molecule has 0 atom stereocenters. The lowest BCUT2D eigenvalue weighted by Gasteiger charge is -1.95. The lowest BCUT2D eigenvalue weighted by atomic mass is 10.5. The molecule has 0 saturated heterocycles. The van der Waals surface area contributed by atoms with Gasteiger partial charge in [-0.25, -0.2) is 4.98 Å². The predicted molar refractivity (Wildman–Crippen MR) is 66.4 cm³/mol. The van der Waals surface area contributed by atoms with Crippen LogP contribution in [-0.2, 0) is 0 Å². The summed E-state index contributed by atoms with van der Waals surface area (Å²) in [4.78, 5) is 4.21. The van der Waals surface area contributed by atoms with E-state index in [-0.39, 0.29) is 0 Å². The van der Waals surface area contributed by atoms with E-state index in [2.05, 4.69) is 4.98 Å². The number of aromatic nitrogens is 1. The van der Waals surface area contributed by atoms with Crippen molar-refractivity contribution in [3.63, 3.8) is 0 Å². The predicted octanol–water partition coefficient (Wildman–Crippen LogP) is 4.74. The highest BCUT2D eigenvalue weighted by atomic mass is 35.5. The van der Waals surface area contributed by atoms with Crippen LogP contribution in [0.3, 0.4) is 0 Å². The van der Waals surface area contributed by atoms with E-state index in [0.29, 0.717) is 5.02 Å². The van der Waals surface area contributed by atoms with Gasteiger partial charge in [-0.2, -0.15) is 0 Å². The second-order valence-electron chi connectivity index (χ2n) is 2.33. The van der Waals surface area contributed by atoms with Crippen LogP contribution >= 0.6 is 56.3 Å². The van der Waals surface area contributed by atoms with E-state index in [0.717, 1.165) is 13.1 Å². The first-order valence-corrected chi connectivity index (χ1v) is 7.40. The Morgan fingerprint density at radius 3 is 2.79 bits per heavy atom. The van der Waals surface area contributed by atoms with Crippen molar-refractivity contribution in [2.45, 2.75) is 9.24 Å². The van der Waals surface area contributed by atoms with Gasteiger partial charge in [-0.15, -0.1) is 0 Å². The second-order valence-corrected chi connectivity index (χ2v) is 6.81. The molecule has 0 aliphatic rings. The van der Waals surface area contributed by atoms with E-state index in [1.807, 2.05) is 18.2 Å². The monoisotopic (exact) mass is 277 g/mol. The summed E-state index contributed by atoms with van der Waals surface area (Å²) in [5, 5.41) is 1.63. The summed E-state index contributed by atoms with van der Waals surface area (Å²) in [6.45, 7) is 0. The topological polar surface area (TPSA) is 12.9 Å². The number of pyridine rings is 1. The van der Waals surface area contributed by atoms with Crippen molar-refractivity contribution >= 4 is 56.3 Å². The van der Waals surface area contributed by atoms with Crippen LogP contribution in [0.25, 0.3) is 0 Å². The van der Waals surface area contributed by atoms with Crippen LogP contribution in [0.1, 0.15) is 0 Å². The maximum Gasteiger partial charge on any atom is 0.121 e. The highest BCUT2D eigenvalue weighted by Crippen LogP contribution is 2.40. The van der Waals surface area contributed by atoms with Crippen LogP contribution in [0.2, 0.25) is 5.02 Å². The molecule has 2 heterocycles. The van der Waals surface area contributed by atoms with Crippen molar-refractivity contribution in [2.75, 3.05) is 0 Å². The molecule has 1 nitrogen and oxygen atoms in total. The van der Waals surface area contributed by atoms with Crippen molar-refractivity contribution in [1.29, 1.82) is 0 Å². The maximum atomic E-state index is 6.03. The highest BCUT2D eigenvalue weighted by Gasteiger charge is 2.07. The normalized spacial score (nSPS) is 10.4. The van der Waals surface area contributed by atoms with E-state index in [1.165, 1.54) is 10.3 Å². The molecule has 0 spiro atoms. The molecule has 0 bridgehead atoms. The van der Waals surface area contributed by atoms with Crippen LogP contribution in [0.4, 0.5) is 0 Å². The average Bonchev–Trinajstić information content (AvgIpc) is 2.52. The number of hydrogen-bond donors (Lipinski definition) is 0. The number of rotatable bonds is 2. The summed E-state index contributed by atoms with van der Waals surface area (Å²) in [6.07, 6.45) is 1.77. The summed E-state index contributed by atoms with van der Waals surface area (Å²) in [5.41, 5.74) is 0.